The maximum atomic E-state index is 11.4. The van der Waals surface area contributed by atoms with Crippen molar-refractivity contribution in [3.8, 4) is 0 Å². The van der Waals surface area contributed by atoms with Crippen LogP contribution in [-0.4, -0.2) is 38.8 Å². The van der Waals surface area contributed by atoms with E-state index in [1.54, 1.807) is 5.82 Å². The van der Waals surface area contributed by atoms with Crippen molar-refractivity contribution >= 4 is 8.03 Å². The van der Waals surface area contributed by atoms with E-state index in [0.717, 1.165) is 17.4 Å². The monoisotopic (exact) mass is 261 g/mol. The van der Waals surface area contributed by atoms with Gasteiger partial charge in [0.2, 0.25) is 0 Å². The second kappa shape index (κ2) is 9.76. The van der Waals surface area contributed by atoms with Gasteiger partial charge in [0, 0.05) is 0 Å². The van der Waals surface area contributed by atoms with E-state index in [0.29, 0.717) is 6.61 Å². The van der Waals surface area contributed by atoms with Gasteiger partial charge in [0.1, 0.15) is 6.54 Å². The van der Waals surface area contributed by atoms with E-state index in [9.17, 15) is 4.57 Å². The molecule has 0 aromatic carbocycles. The van der Waals surface area contributed by atoms with Crippen LogP contribution in [0.4, 0.5) is 0 Å². The number of hydrogen-bond donors (Lipinski definition) is 0. The first-order chi connectivity index (χ1) is 7.95. The summed E-state index contributed by atoms with van der Waals surface area (Å²) in [5.41, 5.74) is 0. The zero-order valence-corrected chi connectivity index (χ0v) is 12.7. The lowest BCUT2D eigenvalue weighted by atomic mass is 10.2. The number of allylic oxidation sites excluding steroid dienone is 1. The van der Waals surface area contributed by atoms with Crippen molar-refractivity contribution < 1.29 is 13.6 Å². The minimum atomic E-state index is -1.60. The van der Waals surface area contributed by atoms with E-state index in [-0.39, 0.29) is 0 Å². The summed E-state index contributed by atoms with van der Waals surface area (Å²) in [6.45, 7) is 3.64. The molecule has 0 bridgehead atoms. The molecule has 0 aromatic heterocycles. The van der Waals surface area contributed by atoms with Crippen LogP contribution in [0.5, 0.6) is 0 Å². The summed E-state index contributed by atoms with van der Waals surface area (Å²) in [4.78, 5) is 0. The van der Waals surface area contributed by atoms with E-state index < -0.39 is 8.03 Å². The molecule has 4 heteroatoms. The van der Waals surface area contributed by atoms with Crippen molar-refractivity contribution in [2.24, 2.45) is 0 Å². The molecule has 0 aliphatic heterocycles. The maximum Gasteiger partial charge on any atom is 0.540 e. The normalized spacial score (nSPS) is 13.3. The predicted molar refractivity (Wildman–Crippen MR) is 74.4 cm³/mol. The largest absolute Gasteiger partial charge is 0.540 e. The van der Waals surface area contributed by atoms with Crippen LogP contribution in [0, 0.1) is 0 Å². The first-order valence-electron chi connectivity index (χ1n) is 6.52. The van der Waals surface area contributed by atoms with E-state index in [1.807, 2.05) is 6.08 Å². The molecule has 0 spiro atoms. The third-order valence-corrected chi connectivity index (χ3v) is 3.32. The average Bonchev–Trinajstić information content (AvgIpc) is 2.21. The van der Waals surface area contributed by atoms with Crippen LogP contribution < -0.4 is 0 Å². The number of unbranched alkanes of at least 4 members (excludes halogenated alkanes) is 4. The molecule has 0 radical (unpaired) electrons. The number of rotatable bonds is 10. The van der Waals surface area contributed by atoms with Crippen LogP contribution in [0.15, 0.2) is 11.9 Å². The van der Waals surface area contributed by atoms with Crippen molar-refractivity contribution in [2.75, 3.05) is 34.3 Å². The lowest BCUT2D eigenvalue weighted by molar-refractivity contribution is -0.870. The number of hydrogen-bond acceptors (Lipinski definition) is 2. The highest BCUT2D eigenvalue weighted by Crippen LogP contribution is 2.24. The maximum absolute atomic E-state index is 11.4. The summed E-state index contributed by atoms with van der Waals surface area (Å²) in [5.74, 6) is 1.71. The van der Waals surface area contributed by atoms with Gasteiger partial charge in [-0.1, -0.05) is 26.2 Å². The Hall–Kier alpha value is -0.240. The van der Waals surface area contributed by atoms with Crippen LogP contribution in [-0.2, 0) is 9.09 Å². The first-order valence-corrected chi connectivity index (χ1v) is 7.77. The second-order valence-corrected chi connectivity index (χ2v) is 6.49. The Bertz CT molecular complexity index is 234. The Morgan fingerprint density at radius 3 is 2.47 bits per heavy atom. The Morgan fingerprint density at radius 1 is 1.18 bits per heavy atom. The zero-order valence-electron chi connectivity index (χ0n) is 11.8. The molecule has 1 unspecified atom stereocenters. The van der Waals surface area contributed by atoms with Gasteiger partial charge in [0.05, 0.1) is 21.1 Å². The van der Waals surface area contributed by atoms with Gasteiger partial charge in [0.15, 0.2) is 12.4 Å². The minimum absolute atomic E-state index is 0.554. The first kappa shape index (κ1) is 16.8. The summed E-state index contributed by atoms with van der Waals surface area (Å²) in [6.07, 6.45) is 8.00. The number of likely N-dealkylation sites (N-methyl/N-ethyl adjacent to an activating group) is 1. The van der Waals surface area contributed by atoms with Crippen molar-refractivity contribution in [3.63, 3.8) is 0 Å². The summed E-state index contributed by atoms with van der Waals surface area (Å²) in [7, 11) is 4.69. The van der Waals surface area contributed by atoms with Crippen LogP contribution in [0.3, 0.4) is 0 Å². The van der Waals surface area contributed by atoms with Crippen LogP contribution in [0.2, 0.25) is 0 Å². The predicted octanol–water partition coefficient (Wildman–Crippen LogP) is 3.94. The lowest BCUT2D eigenvalue weighted by Crippen LogP contribution is -2.37. The number of quaternary nitrogens is 1. The fourth-order valence-corrected chi connectivity index (χ4v) is 1.97. The number of nitrogens with zero attached hydrogens (tertiary/aromatic N) is 1. The molecule has 0 fully saturated rings. The SMILES string of the molecule is CCCCCCC=C[P+](=O)OCC[N+](C)(C)C. The van der Waals surface area contributed by atoms with Gasteiger partial charge < -0.3 is 4.48 Å². The Labute approximate surface area is 107 Å². The van der Waals surface area contributed by atoms with Gasteiger partial charge >= 0.3 is 8.03 Å². The van der Waals surface area contributed by atoms with Crippen molar-refractivity contribution in [1.29, 1.82) is 0 Å². The standard InChI is InChI=1S/C13H28NO2P/c1-5-6-7-8-9-10-13-17(15)16-12-11-14(2,3)4/h10,13H,5-9,11-12H2,1-4H3/q+2. The van der Waals surface area contributed by atoms with Crippen LogP contribution in [0.1, 0.15) is 39.0 Å². The molecule has 100 valence electrons. The van der Waals surface area contributed by atoms with Crippen molar-refractivity contribution in [2.45, 2.75) is 39.0 Å². The summed E-state index contributed by atoms with van der Waals surface area (Å²) in [5, 5.41) is 0. The lowest BCUT2D eigenvalue weighted by Gasteiger charge is -2.21. The molecule has 0 amide bonds. The van der Waals surface area contributed by atoms with Crippen LogP contribution in [0.25, 0.3) is 0 Å². The fourth-order valence-electron chi connectivity index (χ4n) is 1.30. The molecule has 0 saturated heterocycles. The Kier molecular flexibility index (Phi) is 9.62. The van der Waals surface area contributed by atoms with Gasteiger partial charge in [0.25, 0.3) is 0 Å². The molecule has 0 rings (SSSR count). The smallest absolute Gasteiger partial charge is 0.329 e. The van der Waals surface area contributed by atoms with Gasteiger partial charge in [-0.3, -0.25) is 0 Å². The molecule has 3 nitrogen and oxygen atoms in total. The van der Waals surface area contributed by atoms with E-state index >= 15 is 0 Å². The molecule has 1 atom stereocenters. The second-order valence-electron chi connectivity index (χ2n) is 5.37. The topological polar surface area (TPSA) is 26.3 Å². The highest BCUT2D eigenvalue weighted by molar-refractivity contribution is 7.42. The van der Waals surface area contributed by atoms with Gasteiger partial charge in [-0.15, -0.1) is 4.52 Å². The highest BCUT2D eigenvalue weighted by atomic mass is 31.1. The van der Waals surface area contributed by atoms with Crippen LogP contribution >= 0.6 is 8.03 Å². The molecule has 0 saturated carbocycles. The van der Waals surface area contributed by atoms with Gasteiger partial charge in [-0.2, -0.15) is 0 Å². The Morgan fingerprint density at radius 2 is 1.88 bits per heavy atom. The molecular weight excluding hydrogens is 233 g/mol. The average molecular weight is 261 g/mol. The van der Waals surface area contributed by atoms with Gasteiger partial charge in [-0.25, -0.2) is 0 Å². The van der Waals surface area contributed by atoms with Crippen molar-refractivity contribution in [1.82, 2.24) is 0 Å². The third-order valence-electron chi connectivity index (χ3n) is 2.43. The van der Waals surface area contributed by atoms with Gasteiger partial charge in [-0.05, 0) is 23.5 Å². The molecule has 17 heavy (non-hydrogen) atoms. The fraction of sp³-hybridized carbons (Fsp3) is 0.846. The molecule has 0 aliphatic rings. The van der Waals surface area contributed by atoms with E-state index in [4.69, 9.17) is 4.52 Å². The summed E-state index contributed by atoms with van der Waals surface area (Å²) in [6, 6.07) is 0. The summed E-state index contributed by atoms with van der Waals surface area (Å²) < 4.78 is 17.5. The van der Waals surface area contributed by atoms with Crippen molar-refractivity contribution in [3.05, 3.63) is 11.9 Å². The summed E-state index contributed by atoms with van der Waals surface area (Å²) >= 11 is 0. The molecule has 0 N–H and O–H groups in total. The molecule has 0 aliphatic carbocycles. The molecule has 0 heterocycles. The Balaban J connectivity index is 3.48. The minimum Gasteiger partial charge on any atom is -0.329 e. The zero-order chi connectivity index (χ0) is 13.1. The third kappa shape index (κ3) is 13.7. The molecule has 0 aromatic rings. The van der Waals surface area contributed by atoms with E-state index in [1.165, 1.54) is 25.7 Å². The molecular formula is C13H28NO2P+2. The quantitative estimate of drug-likeness (QED) is 0.338. The highest BCUT2D eigenvalue weighted by Gasteiger charge is 2.15. The van der Waals surface area contributed by atoms with E-state index in [2.05, 4.69) is 28.1 Å².